The SMILES string of the molecule is Cc1ccccc1.N=C(N)c1ccccc1.NCc1cc2ccccc2cc1-c1ccc2c(c1)C1(c3ccccc3-2)c2ccccc2-n2c3ccccc3c3cccc1c32. The van der Waals surface area contributed by atoms with Crippen LogP contribution in [-0.2, 0) is 12.0 Å². The minimum atomic E-state index is -0.456. The van der Waals surface area contributed by atoms with E-state index in [0.29, 0.717) is 6.54 Å². The summed E-state index contributed by atoms with van der Waals surface area (Å²) in [4.78, 5) is 0. The van der Waals surface area contributed by atoms with Crippen molar-refractivity contribution in [2.24, 2.45) is 11.5 Å². The zero-order valence-corrected chi connectivity index (χ0v) is 33.4. The van der Waals surface area contributed by atoms with E-state index in [0.717, 1.165) is 5.56 Å². The molecule has 0 radical (unpaired) electrons. The lowest BCUT2D eigenvalue weighted by Gasteiger charge is -2.39. The molecule has 9 aromatic carbocycles. The largest absolute Gasteiger partial charge is 0.384 e. The molecule has 1 aliphatic carbocycles. The molecule has 0 saturated carbocycles. The van der Waals surface area contributed by atoms with Gasteiger partial charge < -0.3 is 16.0 Å². The average molecular weight is 773 g/mol. The molecular weight excluding hydrogens is 729 g/mol. The highest BCUT2D eigenvalue weighted by Gasteiger charge is 2.50. The van der Waals surface area contributed by atoms with Gasteiger partial charge in [0.15, 0.2) is 0 Å². The monoisotopic (exact) mass is 772 g/mol. The number of benzene rings is 9. The Morgan fingerprint density at radius 3 is 1.83 bits per heavy atom. The lowest BCUT2D eigenvalue weighted by atomic mass is 9.65. The fourth-order valence-corrected chi connectivity index (χ4v) is 9.61. The van der Waals surface area contributed by atoms with Gasteiger partial charge in [0.25, 0.3) is 0 Å². The number of nitrogens with two attached hydrogens (primary N) is 2. The van der Waals surface area contributed by atoms with Crippen LogP contribution in [0.5, 0.6) is 0 Å². The Morgan fingerprint density at radius 1 is 0.517 bits per heavy atom. The minimum absolute atomic E-state index is 0.121. The number of aryl methyl sites for hydroxylation is 1. The number of rotatable bonds is 3. The van der Waals surface area contributed by atoms with E-state index in [1.165, 1.54) is 93.9 Å². The summed E-state index contributed by atoms with van der Waals surface area (Å²) in [6.07, 6.45) is 0. The number of hydrogen-bond donors (Lipinski definition) is 3. The molecule has 0 fully saturated rings. The molecule has 1 aromatic heterocycles. The van der Waals surface area contributed by atoms with Gasteiger partial charge in [-0.3, -0.25) is 5.41 Å². The van der Waals surface area contributed by atoms with Crippen molar-refractivity contribution >= 4 is 38.4 Å². The number of nitrogens with zero attached hydrogens (tertiary/aromatic N) is 1. The molecule has 10 aromatic rings. The summed E-state index contributed by atoms with van der Waals surface area (Å²) in [7, 11) is 0. The van der Waals surface area contributed by atoms with Crippen LogP contribution in [0, 0.1) is 12.3 Å². The maximum Gasteiger partial charge on any atom is 0.122 e. The maximum absolute atomic E-state index is 7.01. The van der Waals surface area contributed by atoms with Gasteiger partial charge in [0.1, 0.15) is 5.84 Å². The van der Waals surface area contributed by atoms with Gasteiger partial charge in [0.05, 0.1) is 22.1 Å². The van der Waals surface area contributed by atoms with Gasteiger partial charge in [-0.2, -0.15) is 0 Å². The van der Waals surface area contributed by atoms with E-state index in [1.807, 2.05) is 48.5 Å². The highest BCUT2D eigenvalue weighted by molar-refractivity contribution is 6.13. The molecule has 1 aliphatic heterocycles. The Hall–Kier alpha value is -7.53. The number of nitrogens with one attached hydrogen (secondary N) is 1. The van der Waals surface area contributed by atoms with E-state index in [9.17, 15) is 0 Å². The predicted molar refractivity (Wildman–Crippen MR) is 251 cm³/mol. The molecule has 4 nitrogen and oxygen atoms in total. The van der Waals surface area contributed by atoms with Gasteiger partial charge in [-0.1, -0.05) is 181 Å². The first-order valence-electron chi connectivity index (χ1n) is 20.5. The summed E-state index contributed by atoms with van der Waals surface area (Å²) >= 11 is 0. The summed E-state index contributed by atoms with van der Waals surface area (Å²) in [5.74, 6) is 0.121. The summed E-state index contributed by atoms with van der Waals surface area (Å²) in [6.45, 7) is 2.57. The number of nitrogen functional groups attached to an aromatic ring is 1. The quantitative estimate of drug-likeness (QED) is 0.123. The third-order valence-corrected chi connectivity index (χ3v) is 12.2. The fourth-order valence-electron chi connectivity index (χ4n) is 9.61. The van der Waals surface area contributed by atoms with Crippen LogP contribution in [0.15, 0.2) is 206 Å². The highest BCUT2D eigenvalue weighted by atomic mass is 15.0. The van der Waals surface area contributed by atoms with Crippen LogP contribution in [0.1, 0.15) is 38.9 Å². The third-order valence-electron chi connectivity index (χ3n) is 12.2. The summed E-state index contributed by atoms with van der Waals surface area (Å²) in [6, 6.07) is 73.6. The number of amidine groups is 1. The second-order valence-corrected chi connectivity index (χ2v) is 15.6. The lowest BCUT2D eigenvalue weighted by Crippen LogP contribution is -2.33. The van der Waals surface area contributed by atoms with Gasteiger partial charge in [-0.05, 0) is 98.1 Å². The predicted octanol–water partition coefficient (Wildman–Crippen LogP) is 12.7. The second kappa shape index (κ2) is 15.0. The molecule has 288 valence electrons. The molecule has 0 saturated heterocycles. The van der Waals surface area contributed by atoms with Crippen LogP contribution >= 0.6 is 0 Å². The van der Waals surface area contributed by atoms with Crippen molar-refractivity contribution < 1.29 is 0 Å². The summed E-state index contributed by atoms with van der Waals surface area (Å²) in [5.41, 5.74) is 28.6. The Bertz CT molecular complexity index is 3230. The van der Waals surface area contributed by atoms with Gasteiger partial charge in [0, 0.05) is 22.9 Å². The highest BCUT2D eigenvalue weighted by Crippen LogP contribution is 2.61. The van der Waals surface area contributed by atoms with Crippen LogP contribution in [-0.4, -0.2) is 10.4 Å². The van der Waals surface area contributed by atoms with E-state index >= 15 is 0 Å². The number of aromatic nitrogens is 1. The van der Waals surface area contributed by atoms with Crippen molar-refractivity contribution in [1.82, 2.24) is 4.57 Å². The average Bonchev–Trinajstić information content (AvgIpc) is 3.80. The van der Waals surface area contributed by atoms with Crippen LogP contribution < -0.4 is 11.5 Å². The van der Waals surface area contributed by atoms with E-state index in [2.05, 4.69) is 169 Å². The molecule has 0 amide bonds. The van der Waals surface area contributed by atoms with Gasteiger partial charge >= 0.3 is 0 Å². The number of para-hydroxylation sites is 3. The zero-order valence-electron chi connectivity index (χ0n) is 33.4. The molecule has 2 aliphatic rings. The first-order chi connectivity index (χ1) is 29.5. The summed E-state index contributed by atoms with van der Waals surface area (Å²) < 4.78 is 2.50. The van der Waals surface area contributed by atoms with E-state index in [-0.39, 0.29) is 5.84 Å². The van der Waals surface area contributed by atoms with Crippen molar-refractivity contribution in [3.8, 4) is 27.9 Å². The van der Waals surface area contributed by atoms with Crippen LogP contribution in [0.4, 0.5) is 0 Å². The van der Waals surface area contributed by atoms with Gasteiger partial charge in [0.2, 0.25) is 0 Å². The molecule has 5 N–H and O–H groups in total. The van der Waals surface area contributed by atoms with Gasteiger partial charge in [-0.15, -0.1) is 0 Å². The Labute approximate surface area is 350 Å². The lowest BCUT2D eigenvalue weighted by molar-refractivity contribution is 0.749. The number of fused-ring (bicyclic) bond motifs is 13. The molecule has 2 heterocycles. The smallest absolute Gasteiger partial charge is 0.122 e. The Balaban J connectivity index is 0.000000227. The molecule has 4 heteroatoms. The van der Waals surface area contributed by atoms with Crippen molar-refractivity contribution in [3.05, 3.63) is 245 Å². The van der Waals surface area contributed by atoms with Crippen molar-refractivity contribution in [2.45, 2.75) is 18.9 Å². The minimum Gasteiger partial charge on any atom is -0.384 e. The molecule has 0 bridgehead atoms. The van der Waals surface area contributed by atoms with Crippen molar-refractivity contribution in [2.75, 3.05) is 0 Å². The van der Waals surface area contributed by atoms with Crippen LogP contribution in [0.3, 0.4) is 0 Å². The molecule has 1 atom stereocenters. The molecule has 60 heavy (non-hydrogen) atoms. The first kappa shape index (κ1) is 36.8. The van der Waals surface area contributed by atoms with E-state index in [4.69, 9.17) is 16.9 Å². The summed E-state index contributed by atoms with van der Waals surface area (Å²) in [5, 5.41) is 12.1. The van der Waals surface area contributed by atoms with Crippen LogP contribution in [0.25, 0.3) is 60.5 Å². The Kier molecular flexibility index (Phi) is 9.20. The number of hydrogen-bond acceptors (Lipinski definition) is 2. The molecule has 12 rings (SSSR count). The van der Waals surface area contributed by atoms with E-state index in [1.54, 1.807) is 0 Å². The van der Waals surface area contributed by atoms with Crippen molar-refractivity contribution in [1.29, 1.82) is 5.41 Å². The maximum atomic E-state index is 7.01. The van der Waals surface area contributed by atoms with E-state index < -0.39 is 5.41 Å². The van der Waals surface area contributed by atoms with Crippen molar-refractivity contribution in [3.63, 3.8) is 0 Å². The second-order valence-electron chi connectivity index (χ2n) is 15.6. The fraction of sp³-hybridized carbons (Fsp3) is 0.0536. The molecular formula is C56H44N4. The Morgan fingerprint density at radius 2 is 1.12 bits per heavy atom. The topological polar surface area (TPSA) is 80.8 Å². The molecule has 1 spiro atoms. The molecule has 1 unspecified atom stereocenters. The third kappa shape index (κ3) is 5.84. The standard InChI is InChI=1S/C42H28N2.C7H8N2.C7H8/c43-25-29-22-26-10-1-2-11-27(26)23-34(29)28-20-21-31-30-12-3-5-15-35(30)42(38(31)24-28)36-16-6-8-19-40(36)44-39-18-7-4-13-32(39)33-14-9-17-37(42)41(33)44;8-7(9)6-4-2-1-3-5-6;1-7-5-3-2-4-6-7/h1-24H,25,43H2;1-5H,(H3,8,9);2-6H,1H3. The zero-order chi connectivity index (χ0) is 40.8. The van der Waals surface area contributed by atoms with Crippen LogP contribution in [0.2, 0.25) is 0 Å². The van der Waals surface area contributed by atoms with Gasteiger partial charge in [-0.25, -0.2) is 0 Å². The normalized spacial score (nSPS) is 14.1. The first-order valence-corrected chi connectivity index (χ1v) is 20.5.